The molecule has 0 spiro atoms. The second-order valence-electron chi connectivity index (χ2n) is 8.32. The molecule has 0 bridgehead atoms. The van der Waals surface area contributed by atoms with E-state index in [0.29, 0.717) is 18.4 Å². The molecule has 6 nitrogen and oxygen atoms in total. The van der Waals surface area contributed by atoms with Gasteiger partial charge in [-0.15, -0.1) is 0 Å². The van der Waals surface area contributed by atoms with Crippen LogP contribution >= 0.6 is 11.5 Å². The molecule has 0 N–H and O–H groups in total. The molecule has 1 saturated carbocycles. The van der Waals surface area contributed by atoms with Gasteiger partial charge in [-0.1, -0.05) is 27.2 Å². The quantitative estimate of drug-likeness (QED) is 0.840. The first-order valence-electron chi connectivity index (χ1n) is 9.07. The van der Waals surface area contributed by atoms with Crippen LogP contribution in [0.25, 0.3) is 0 Å². The van der Waals surface area contributed by atoms with Crippen LogP contribution in [0.15, 0.2) is 16.9 Å². The summed E-state index contributed by atoms with van der Waals surface area (Å²) in [5, 5.41) is 5.60. The van der Waals surface area contributed by atoms with E-state index in [1.807, 2.05) is 6.07 Å². The van der Waals surface area contributed by atoms with Gasteiger partial charge in [0.05, 0.1) is 12.2 Å². The summed E-state index contributed by atoms with van der Waals surface area (Å²) >= 11 is 1.51. The van der Waals surface area contributed by atoms with Gasteiger partial charge in [0.2, 0.25) is 5.13 Å². The topological polar surface area (TPSA) is 63.9 Å². The molecule has 0 radical (unpaired) electrons. The van der Waals surface area contributed by atoms with Gasteiger partial charge >= 0.3 is 0 Å². The lowest BCUT2D eigenvalue weighted by molar-refractivity contribution is 0.329. The van der Waals surface area contributed by atoms with Crippen LogP contribution in [0, 0.1) is 5.92 Å². The molecule has 1 aliphatic carbocycles. The predicted octanol–water partition coefficient (Wildman–Crippen LogP) is 2.80. The van der Waals surface area contributed by atoms with Crippen molar-refractivity contribution >= 4 is 16.7 Å². The van der Waals surface area contributed by atoms with E-state index in [2.05, 4.69) is 35.1 Å². The average molecular weight is 359 g/mol. The lowest BCUT2D eigenvalue weighted by Crippen LogP contribution is -2.49. The first-order chi connectivity index (χ1) is 11.9. The normalized spacial score (nSPS) is 18.9. The molecule has 1 saturated heterocycles. The second kappa shape index (κ2) is 6.20. The molecule has 0 aromatic carbocycles. The Morgan fingerprint density at radius 3 is 2.64 bits per heavy atom. The van der Waals surface area contributed by atoms with E-state index in [-0.39, 0.29) is 11.0 Å². The molecule has 3 heterocycles. The van der Waals surface area contributed by atoms with Crippen molar-refractivity contribution in [2.24, 2.45) is 5.92 Å². The maximum atomic E-state index is 12.1. The maximum absolute atomic E-state index is 12.1. The second-order valence-corrected chi connectivity index (χ2v) is 9.05. The van der Waals surface area contributed by atoms with Gasteiger partial charge in [-0.05, 0) is 18.9 Å². The van der Waals surface area contributed by atoms with Gasteiger partial charge in [0.1, 0.15) is 5.82 Å². The lowest BCUT2D eigenvalue weighted by atomic mass is 9.85. The van der Waals surface area contributed by atoms with Crippen LogP contribution in [0.1, 0.15) is 57.5 Å². The molecule has 2 aliphatic rings. The van der Waals surface area contributed by atoms with Crippen molar-refractivity contribution in [1.29, 1.82) is 0 Å². The third kappa shape index (κ3) is 3.34. The summed E-state index contributed by atoms with van der Waals surface area (Å²) in [4.78, 5) is 19.1. The Morgan fingerprint density at radius 1 is 1.24 bits per heavy atom. The zero-order valence-electron chi connectivity index (χ0n) is 15.1. The SMILES string of the molecule is CC(C)(C)c1ccc(=O)n(CC2CN(c3nc(C4CCC4)ns3)C2)n1. The van der Waals surface area contributed by atoms with Crippen molar-refractivity contribution in [3.8, 4) is 0 Å². The van der Waals surface area contributed by atoms with Crippen LogP contribution in [-0.2, 0) is 12.0 Å². The Kier molecular flexibility index (Phi) is 4.14. The van der Waals surface area contributed by atoms with E-state index in [1.165, 1.54) is 30.8 Å². The van der Waals surface area contributed by atoms with E-state index < -0.39 is 0 Å². The first kappa shape index (κ1) is 16.7. The molecule has 0 amide bonds. The standard InChI is InChI=1S/C18H25N5OS/c1-18(2,3)14-7-8-15(24)23(20-14)11-12-9-22(10-12)17-19-16(21-25-17)13-5-4-6-13/h7-8,12-13H,4-6,9-11H2,1-3H3. The molecule has 1 aliphatic heterocycles. The molecule has 4 rings (SSSR count). The highest BCUT2D eigenvalue weighted by Crippen LogP contribution is 2.37. The molecule has 7 heteroatoms. The zero-order chi connectivity index (χ0) is 17.6. The average Bonchev–Trinajstić information content (AvgIpc) is 2.89. The summed E-state index contributed by atoms with van der Waals surface area (Å²) in [6.45, 7) is 8.87. The van der Waals surface area contributed by atoms with Crippen LogP contribution in [0.3, 0.4) is 0 Å². The van der Waals surface area contributed by atoms with Crippen molar-refractivity contribution in [2.75, 3.05) is 18.0 Å². The van der Waals surface area contributed by atoms with Crippen LogP contribution < -0.4 is 10.5 Å². The third-order valence-electron chi connectivity index (χ3n) is 5.20. The van der Waals surface area contributed by atoms with Crippen molar-refractivity contribution in [3.05, 3.63) is 34.0 Å². The number of anilines is 1. The Bertz CT molecular complexity index is 811. The summed E-state index contributed by atoms with van der Waals surface area (Å²) < 4.78 is 6.15. The van der Waals surface area contributed by atoms with Crippen LogP contribution in [0.4, 0.5) is 5.13 Å². The van der Waals surface area contributed by atoms with Crippen LogP contribution in [0.5, 0.6) is 0 Å². The van der Waals surface area contributed by atoms with E-state index in [1.54, 1.807) is 10.7 Å². The van der Waals surface area contributed by atoms with Crippen LogP contribution in [0.2, 0.25) is 0 Å². The number of rotatable bonds is 4. The minimum atomic E-state index is -0.0500. The lowest BCUT2D eigenvalue weighted by Gasteiger charge is -2.38. The van der Waals surface area contributed by atoms with E-state index in [9.17, 15) is 4.79 Å². The molecular formula is C18H25N5OS. The van der Waals surface area contributed by atoms with Gasteiger partial charge in [0.25, 0.3) is 5.56 Å². The molecule has 0 atom stereocenters. The van der Waals surface area contributed by atoms with Crippen molar-refractivity contribution in [1.82, 2.24) is 19.1 Å². The van der Waals surface area contributed by atoms with E-state index in [0.717, 1.165) is 29.7 Å². The van der Waals surface area contributed by atoms with Gasteiger partial charge in [0.15, 0.2) is 0 Å². The molecule has 134 valence electrons. The van der Waals surface area contributed by atoms with E-state index >= 15 is 0 Å². The first-order valence-corrected chi connectivity index (χ1v) is 9.85. The molecule has 2 fully saturated rings. The predicted molar refractivity (Wildman–Crippen MR) is 99.4 cm³/mol. The molecular weight excluding hydrogens is 334 g/mol. The fourth-order valence-electron chi connectivity index (χ4n) is 3.25. The molecule has 25 heavy (non-hydrogen) atoms. The fourth-order valence-corrected chi connectivity index (χ4v) is 4.02. The summed E-state index contributed by atoms with van der Waals surface area (Å²) in [6.07, 6.45) is 3.77. The summed E-state index contributed by atoms with van der Waals surface area (Å²) in [5.41, 5.74) is 0.887. The summed E-state index contributed by atoms with van der Waals surface area (Å²) in [5.74, 6) is 2.06. The van der Waals surface area contributed by atoms with Crippen molar-refractivity contribution in [3.63, 3.8) is 0 Å². The van der Waals surface area contributed by atoms with Gasteiger partial charge in [-0.25, -0.2) is 9.67 Å². The van der Waals surface area contributed by atoms with E-state index in [4.69, 9.17) is 4.98 Å². The van der Waals surface area contributed by atoms with Gasteiger partial charge in [-0.3, -0.25) is 4.79 Å². The van der Waals surface area contributed by atoms with Crippen molar-refractivity contribution < 1.29 is 0 Å². The van der Waals surface area contributed by atoms with Crippen LogP contribution in [-0.4, -0.2) is 32.2 Å². The number of hydrogen-bond donors (Lipinski definition) is 0. The summed E-state index contributed by atoms with van der Waals surface area (Å²) in [6, 6.07) is 3.48. The highest BCUT2D eigenvalue weighted by Gasteiger charge is 2.32. The smallest absolute Gasteiger partial charge is 0.266 e. The monoisotopic (exact) mass is 359 g/mol. The molecule has 2 aromatic rings. The number of aromatic nitrogens is 4. The van der Waals surface area contributed by atoms with Gasteiger partial charge in [0, 0.05) is 47.9 Å². The largest absolute Gasteiger partial charge is 0.346 e. The summed E-state index contributed by atoms with van der Waals surface area (Å²) in [7, 11) is 0. The fraction of sp³-hybridized carbons (Fsp3) is 0.667. The highest BCUT2D eigenvalue weighted by atomic mass is 32.1. The zero-order valence-corrected chi connectivity index (χ0v) is 15.9. The Hall–Kier alpha value is -1.76. The minimum absolute atomic E-state index is 0.0189. The Morgan fingerprint density at radius 2 is 2.00 bits per heavy atom. The third-order valence-corrected chi connectivity index (χ3v) is 5.99. The molecule has 2 aromatic heterocycles. The maximum Gasteiger partial charge on any atom is 0.266 e. The highest BCUT2D eigenvalue weighted by molar-refractivity contribution is 7.09. The Balaban J connectivity index is 1.38. The van der Waals surface area contributed by atoms with Gasteiger partial charge < -0.3 is 4.90 Å². The van der Waals surface area contributed by atoms with Crippen molar-refractivity contribution in [2.45, 2.75) is 57.9 Å². The number of nitrogens with zero attached hydrogens (tertiary/aromatic N) is 5. The Labute approximate surface area is 152 Å². The molecule has 0 unspecified atom stereocenters. The minimum Gasteiger partial charge on any atom is -0.346 e. The van der Waals surface area contributed by atoms with Gasteiger partial charge in [-0.2, -0.15) is 9.47 Å². The number of hydrogen-bond acceptors (Lipinski definition) is 6.